The van der Waals surface area contributed by atoms with Crippen LogP contribution in [0.15, 0.2) is 60.7 Å². The van der Waals surface area contributed by atoms with E-state index in [9.17, 15) is 25.9 Å². The largest absolute Gasteiger partial charge is 1.00 e. The second-order valence-corrected chi connectivity index (χ2v) is 7.18. The van der Waals surface area contributed by atoms with Gasteiger partial charge >= 0.3 is 37.7 Å². The molecule has 0 aliphatic rings. The molecule has 0 saturated heterocycles. The molecule has 0 saturated carbocycles. The summed E-state index contributed by atoms with van der Waals surface area (Å²) in [6.07, 6.45) is 0. The Morgan fingerprint density at radius 1 is 0.583 bits per heavy atom. The van der Waals surface area contributed by atoms with Crippen molar-refractivity contribution >= 4 is 20.2 Å². The quantitative estimate of drug-likeness (QED) is 0.403. The van der Waals surface area contributed by atoms with Crippen molar-refractivity contribution in [2.45, 2.75) is 11.5 Å². The standard InChI is InChI=1S/2C7H8O3S.2Li/c2*8-11(9,10)6-7-4-2-1-3-5-7;;/h2*1-5H,6H2,(H,8,9,10);;/q;;2*+1/p-2. The van der Waals surface area contributed by atoms with Gasteiger partial charge in [-0.15, -0.1) is 0 Å². The van der Waals surface area contributed by atoms with Gasteiger partial charge in [-0.3, -0.25) is 0 Å². The van der Waals surface area contributed by atoms with Gasteiger partial charge in [0.15, 0.2) is 0 Å². The minimum absolute atomic E-state index is 0. The average molecular weight is 356 g/mol. The van der Waals surface area contributed by atoms with Gasteiger partial charge in [0, 0.05) is 0 Å². The monoisotopic (exact) mass is 356 g/mol. The summed E-state index contributed by atoms with van der Waals surface area (Å²) in [6.45, 7) is 0. The van der Waals surface area contributed by atoms with Gasteiger partial charge in [-0.25, -0.2) is 16.8 Å². The molecule has 0 radical (unpaired) electrons. The minimum atomic E-state index is -4.13. The first-order chi connectivity index (χ1) is 10.2. The fourth-order valence-electron chi connectivity index (χ4n) is 1.56. The van der Waals surface area contributed by atoms with Crippen molar-refractivity contribution in [2.24, 2.45) is 0 Å². The van der Waals surface area contributed by atoms with E-state index in [0.29, 0.717) is 11.1 Å². The third kappa shape index (κ3) is 13.9. The van der Waals surface area contributed by atoms with Crippen LogP contribution in [0.1, 0.15) is 11.1 Å². The molecule has 0 aromatic heterocycles. The van der Waals surface area contributed by atoms with E-state index in [1.54, 1.807) is 60.7 Å². The zero-order valence-electron chi connectivity index (χ0n) is 13.5. The number of hydrogen-bond donors (Lipinski definition) is 0. The Morgan fingerprint density at radius 3 is 1.04 bits per heavy atom. The van der Waals surface area contributed by atoms with Crippen LogP contribution in [-0.4, -0.2) is 25.9 Å². The first-order valence-corrected chi connectivity index (χ1v) is 9.26. The van der Waals surface area contributed by atoms with E-state index in [1.807, 2.05) is 0 Å². The van der Waals surface area contributed by atoms with Crippen LogP contribution >= 0.6 is 0 Å². The molecule has 0 aliphatic heterocycles. The third-order valence-electron chi connectivity index (χ3n) is 2.37. The van der Waals surface area contributed by atoms with Gasteiger partial charge in [0.25, 0.3) is 0 Å². The molecule has 0 aliphatic carbocycles. The van der Waals surface area contributed by atoms with Gasteiger partial charge in [0.05, 0.1) is 31.7 Å². The Kier molecular flexibility index (Phi) is 12.8. The van der Waals surface area contributed by atoms with Crippen LogP contribution in [-0.2, 0) is 31.7 Å². The molecule has 24 heavy (non-hydrogen) atoms. The Hall–Kier alpha value is -0.545. The summed E-state index contributed by atoms with van der Waals surface area (Å²) >= 11 is 0. The molecule has 0 bridgehead atoms. The Labute approximate surface area is 166 Å². The zero-order chi connectivity index (χ0) is 16.6. The molecule has 0 spiro atoms. The molecule has 0 unspecified atom stereocenters. The molecular formula is C14H14Li2O6S2. The molecule has 2 rings (SSSR count). The van der Waals surface area contributed by atoms with Gasteiger partial charge in [-0.05, 0) is 11.1 Å². The second kappa shape index (κ2) is 11.9. The van der Waals surface area contributed by atoms with Crippen LogP contribution in [0.4, 0.5) is 0 Å². The first-order valence-electron chi connectivity index (χ1n) is 6.11. The molecule has 0 fully saturated rings. The van der Waals surface area contributed by atoms with E-state index in [0.717, 1.165) is 0 Å². The third-order valence-corrected chi connectivity index (χ3v) is 3.75. The second-order valence-electron chi connectivity index (χ2n) is 4.38. The Morgan fingerprint density at radius 2 is 0.833 bits per heavy atom. The molecule has 0 N–H and O–H groups in total. The molecule has 2 aromatic rings. The molecule has 0 atom stereocenters. The molecule has 0 heterocycles. The summed E-state index contributed by atoms with van der Waals surface area (Å²) in [5, 5.41) is 0. The van der Waals surface area contributed by atoms with Crippen molar-refractivity contribution in [1.29, 1.82) is 0 Å². The van der Waals surface area contributed by atoms with Crippen LogP contribution in [0.5, 0.6) is 0 Å². The van der Waals surface area contributed by atoms with Crippen molar-refractivity contribution in [1.82, 2.24) is 0 Å². The Bertz CT molecular complexity index is 709. The van der Waals surface area contributed by atoms with Crippen LogP contribution in [0.25, 0.3) is 0 Å². The van der Waals surface area contributed by atoms with Crippen LogP contribution in [0.3, 0.4) is 0 Å². The van der Waals surface area contributed by atoms with Crippen molar-refractivity contribution in [2.75, 3.05) is 0 Å². The zero-order valence-corrected chi connectivity index (χ0v) is 15.1. The SMILES string of the molecule is O=S(=O)([O-])Cc1ccccc1.O=S(=O)([O-])Cc1ccccc1.[Li+].[Li+]. The van der Waals surface area contributed by atoms with Crippen molar-refractivity contribution < 1.29 is 63.7 Å². The molecular weight excluding hydrogens is 342 g/mol. The predicted octanol–water partition coefficient (Wildman–Crippen LogP) is -4.53. The normalized spacial score (nSPS) is 10.4. The van der Waals surface area contributed by atoms with Crippen LogP contribution in [0, 0.1) is 0 Å². The van der Waals surface area contributed by atoms with Gasteiger partial charge in [0.1, 0.15) is 0 Å². The van der Waals surface area contributed by atoms with E-state index in [2.05, 4.69) is 0 Å². The summed E-state index contributed by atoms with van der Waals surface area (Å²) in [4.78, 5) is 0. The molecule has 0 amide bonds. The van der Waals surface area contributed by atoms with Crippen molar-refractivity contribution in [3.8, 4) is 0 Å². The van der Waals surface area contributed by atoms with E-state index < -0.39 is 31.7 Å². The number of hydrogen-bond acceptors (Lipinski definition) is 6. The smallest absolute Gasteiger partial charge is 0.748 e. The maximum atomic E-state index is 10.2. The van der Waals surface area contributed by atoms with Gasteiger partial charge in [-0.1, -0.05) is 60.7 Å². The predicted molar refractivity (Wildman–Crippen MR) is 79.7 cm³/mol. The topological polar surface area (TPSA) is 114 Å². The molecule has 6 nitrogen and oxygen atoms in total. The summed E-state index contributed by atoms with van der Waals surface area (Å²) in [5.74, 6) is -0.846. The van der Waals surface area contributed by atoms with Crippen molar-refractivity contribution in [3.05, 3.63) is 71.8 Å². The average Bonchev–Trinajstić information content (AvgIpc) is 2.38. The minimum Gasteiger partial charge on any atom is -0.748 e. The van der Waals surface area contributed by atoms with Gasteiger partial charge < -0.3 is 9.11 Å². The molecule has 120 valence electrons. The summed E-state index contributed by atoms with van der Waals surface area (Å²) < 4.78 is 61.5. The maximum absolute atomic E-state index is 10.2. The maximum Gasteiger partial charge on any atom is 1.00 e. The van der Waals surface area contributed by atoms with Crippen molar-refractivity contribution in [3.63, 3.8) is 0 Å². The summed E-state index contributed by atoms with van der Waals surface area (Å²) in [5.41, 5.74) is 1.06. The fourth-order valence-corrected chi connectivity index (χ4v) is 2.76. The fraction of sp³-hybridized carbons (Fsp3) is 0.143. The van der Waals surface area contributed by atoms with E-state index in [1.165, 1.54) is 0 Å². The van der Waals surface area contributed by atoms with Gasteiger partial charge in [-0.2, -0.15) is 0 Å². The number of rotatable bonds is 4. The van der Waals surface area contributed by atoms with E-state index >= 15 is 0 Å². The van der Waals surface area contributed by atoms with E-state index in [4.69, 9.17) is 0 Å². The summed E-state index contributed by atoms with van der Waals surface area (Å²) in [7, 11) is -8.25. The number of benzene rings is 2. The van der Waals surface area contributed by atoms with Crippen LogP contribution < -0.4 is 37.7 Å². The summed E-state index contributed by atoms with van der Waals surface area (Å²) in [6, 6.07) is 16.7. The first kappa shape index (κ1) is 25.7. The molecule has 10 heteroatoms. The van der Waals surface area contributed by atoms with Crippen LogP contribution in [0.2, 0.25) is 0 Å². The molecule has 2 aromatic carbocycles. The van der Waals surface area contributed by atoms with Gasteiger partial charge in [0.2, 0.25) is 0 Å². The Balaban J connectivity index is 0. The van der Waals surface area contributed by atoms with E-state index in [-0.39, 0.29) is 37.7 Å².